The number of aromatic nitrogens is 3. The summed E-state index contributed by atoms with van der Waals surface area (Å²) in [4.78, 5) is 24.7. The van der Waals surface area contributed by atoms with Gasteiger partial charge in [-0.25, -0.2) is 9.98 Å². The lowest BCUT2D eigenvalue weighted by molar-refractivity contribution is 0.449. The van der Waals surface area contributed by atoms with E-state index in [0.717, 1.165) is 11.3 Å². The van der Waals surface area contributed by atoms with E-state index in [1.165, 1.54) is 6.21 Å². The number of rotatable bonds is 2. The van der Waals surface area contributed by atoms with Crippen molar-refractivity contribution in [2.75, 3.05) is 0 Å². The van der Waals surface area contributed by atoms with E-state index in [9.17, 15) is 9.90 Å². The summed E-state index contributed by atoms with van der Waals surface area (Å²) in [6, 6.07) is 3.70. The fourth-order valence-corrected chi connectivity index (χ4v) is 1.81. The van der Waals surface area contributed by atoms with Gasteiger partial charge in [0, 0.05) is 11.9 Å². The largest absolute Gasteiger partial charge is 0.494 e. The Morgan fingerprint density at radius 2 is 2.11 bits per heavy atom. The molecule has 0 aromatic carbocycles. The smallest absolute Gasteiger partial charge is 0.264 e. The molecule has 19 heavy (non-hydrogen) atoms. The number of hydrogen-bond acceptors (Lipinski definition) is 5. The van der Waals surface area contributed by atoms with Crippen LogP contribution in [0.15, 0.2) is 21.9 Å². The van der Waals surface area contributed by atoms with Gasteiger partial charge in [0.2, 0.25) is 5.88 Å². The molecule has 2 aromatic rings. The van der Waals surface area contributed by atoms with E-state index in [1.54, 1.807) is 6.07 Å². The standard InChI is InChI=1S/C12H12N4O2S/c1-6-3-7(2)14-9(4-6)13-5-8-10(17)15-12(19)16-11(8)18/h3-5H,1-2H3,(H3,15,16,17,18,19)/b13-5+. The molecule has 0 aliphatic heterocycles. The quantitative estimate of drug-likeness (QED) is 0.577. The average molecular weight is 276 g/mol. The van der Waals surface area contributed by atoms with Gasteiger partial charge in [0.15, 0.2) is 10.6 Å². The second-order valence-corrected chi connectivity index (χ2v) is 4.48. The van der Waals surface area contributed by atoms with Gasteiger partial charge in [0.05, 0.1) is 0 Å². The van der Waals surface area contributed by atoms with Crippen LogP contribution in [0.1, 0.15) is 16.8 Å². The minimum absolute atomic E-state index is 0.00885. The fraction of sp³-hybridized carbons (Fsp3) is 0.167. The van der Waals surface area contributed by atoms with Gasteiger partial charge in [0.25, 0.3) is 5.56 Å². The number of H-pyrrole nitrogens is 2. The lowest BCUT2D eigenvalue weighted by atomic mass is 10.2. The molecule has 6 nitrogen and oxygen atoms in total. The first-order valence-electron chi connectivity index (χ1n) is 5.50. The molecule has 0 atom stereocenters. The number of aromatic hydroxyl groups is 1. The Labute approximate surface area is 113 Å². The van der Waals surface area contributed by atoms with Gasteiger partial charge in [0.1, 0.15) is 5.56 Å². The van der Waals surface area contributed by atoms with E-state index < -0.39 is 5.56 Å². The van der Waals surface area contributed by atoms with Crippen LogP contribution in [0.25, 0.3) is 0 Å². The SMILES string of the molecule is Cc1cc(C)nc(/N=C/c2c(O)[nH]c(=S)[nH]c2=O)c1. The molecule has 0 aliphatic rings. The molecule has 0 bridgehead atoms. The van der Waals surface area contributed by atoms with E-state index in [-0.39, 0.29) is 16.2 Å². The molecule has 0 saturated heterocycles. The van der Waals surface area contributed by atoms with Gasteiger partial charge in [-0.2, -0.15) is 0 Å². The number of aliphatic imine (C=N–C) groups is 1. The zero-order valence-electron chi connectivity index (χ0n) is 10.4. The van der Waals surface area contributed by atoms with Crippen molar-refractivity contribution < 1.29 is 5.11 Å². The molecule has 3 N–H and O–H groups in total. The van der Waals surface area contributed by atoms with Gasteiger partial charge >= 0.3 is 0 Å². The molecule has 2 rings (SSSR count). The van der Waals surface area contributed by atoms with E-state index in [4.69, 9.17) is 12.2 Å². The lowest BCUT2D eigenvalue weighted by Gasteiger charge is -1.99. The summed E-state index contributed by atoms with van der Waals surface area (Å²) in [5.74, 6) is 0.153. The van der Waals surface area contributed by atoms with Crippen molar-refractivity contribution in [3.63, 3.8) is 0 Å². The zero-order chi connectivity index (χ0) is 14.0. The minimum atomic E-state index is -0.505. The number of pyridine rings is 1. The number of nitrogens with zero attached hydrogens (tertiary/aromatic N) is 2. The topological polar surface area (TPSA) is 94.1 Å². The zero-order valence-corrected chi connectivity index (χ0v) is 11.2. The predicted molar refractivity (Wildman–Crippen MR) is 74.9 cm³/mol. The van der Waals surface area contributed by atoms with Crippen molar-refractivity contribution in [2.45, 2.75) is 13.8 Å². The third-order valence-corrected chi connectivity index (χ3v) is 2.57. The molecule has 0 unspecified atom stereocenters. The van der Waals surface area contributed by atoms with Gasteiger partial charge in [-0.15, -0.1) is 0 Å². The average Bonchev–Trinajstić information content (AvgIpc) is 2.25. The molecule has 2 aromatic heterocycles. The summed E-state index contributed by atoms with van der Waals surface area (Å²) in [7, 11) is 0. The monoisotopic (exact) mass is 276 g/mol. The van der Waals surface area contributed by atoms with Crippen LogP contribution < -0.4 is 5.56 Å². The molecular formula is C12H12N4O2S. The van der Waals surface area contributed by atoms with Gasteiger partial charge in [-0.05, 0) is 43.8 Å². The highest BCUT2D eigenvalue weighted by atomic mass is 32.1. The summed E-state index contributed by atoms with van der Waals surface area (Å²) in [6.45, 7) is 3.79. The Hall–Kier alpha value is -2.28. The third kappa shape index (κ3) is 3.14. The first-order valence-corrected chi connectivity index (χ1v) is 5.91. The van der Waals surface area contributed by atoms with E-state index in [0.29, 0.717) is 5.82 Å². The van der Waals surface area contributed by atoms with E-state index in [1.807, 2.05) is 19.9 Å². The van der Waals surface area contributed by atoms with Crippen molar-refractivity contribution >= 4 is 24.3 Å². The Morgan fingerprint density at radius 3 is 2.74 bits per heavy atom. The van der Waals surface area contributed by atoms with Crippen LogP contribution in [0, 0.1) is 18.6 Å². The number of aryl methyl sites for hydroxylation is 2. The Kier molecular flexibility index (Phi) is 3.57. The maximum atomic E-state index is 11.6. The summed E-state index contributed by atoms with van der Waals surface area (Å²) >= 11 is 4.73. The minimum Gasteiger partial charge on any atom is -0.494 e. The van der Waals surface area contributed by atoms with Crippen LogP contribution >= 0.6 is 12.2 Å². The lowest BCUT2D eigenvalue weighted by Crippen LogP contribution is -2.13. The summed E-state index contributed by atoms with van der Waals surface area (Å²) < 4.78 is 0.0594. The summed E-state index contributed by atoms with van der Waals surface area (Å²) in [5, 5.41) is 9.61. The van der Waals surface area contributed by atoms with Gasteiger partial charge in [-0.3, -0.25) is 9.78 Å². The highest BCUT2D eigenvalue weighted by Crippen LogP contribution is 2.13. The number of nitrogens with one attached hydrogen (secondary N) is 2. The first kappa shape index (κ1) is 13.2. The molecular weight excluding hydrogens is 264 g/mol. The molecule has 0 saturated carbocycles. The van der Waals surface area contributed by atoms with Crippen molar-refractivity contribution in [2.24, 2.45) is 4.99 Å². The van der Waals surface area contributed by atoms with Crippen LogP contribution in [0.4, 0.5) is 5.82 Å². The molecule has 2 heterocycles. The predicted octanol–water partition coefficient (Wildman–Crippen LogP) is 1.90. The number of aromatic amines is 2. The molecule has 0 spiro atoms. The van der Waals surface area contributed by atoms with Gasteiger partial charge in [-0.1, -0.05) is 0 Å². The number of hydrogen-bond donors (Lipinski definition) is 3. The van der Waals surface area contributed by atoms with Crippen molar-refractivity contribution in [3.05, 3.63) is 44.1 Å². The van der Waals surface area contributed by atoms with Gasteiger partial charge < -0.3 is 10.1 Å². The fourth-order valence-electron chi connectivity index (χ4n) is 1.62. The van der Waals surface area contributed by atoms with Crippen LogP contribution in [0.3, 0.4) is 0 Å². The molecule has 98 valence electrons. The van der Waals surface area contributed by atoms with Crippen molar-refractivity contribution in [3.8, 4) is 5.88 Å². The van der Waals surface area contributed by atoms with Crippen molar-refractivity contribution in [1.29, 1.82) is 0 Å². The summed E-state index contributed by atoms with van der Waals surface area (Å²) in [5.41, 5.74) is 1.35. The molecule has 7 heteroatoms. The molecule has 0 fully saturated rings. The normalized spacial score (nSPS) is 11.1. The second kappa shape index (κ2) is 5.15. The maximum absolute atomic E-state index is 11.6. The Morgan fingerprint density at radius 1 is 1.37 bits per heavy atom. The van der Waals surface area contributed by atoms with Crippen LogP contribution in [0.5, 0.6) is 5.88 Å². The molecule has 0 amide bonds. The van der Waals surface area contributed by atoms with E-state index >= 15 is 0 Å². The highest BCUT2D eigenvalue weighted by Gasteiger charge is 2.04. The summed E-state index contributed by atoms with van der Waals surface area (Å²) in [6.07, 6.45) is 1.25. The Bertz CT molecular complexity index is 741. The Balaban J connectivity index is 2.43. The van der Waals surface area contributed by atoms with E-state index in [2.05, 4.69) is 19.9 Å². The third-order valence-electron chi connectivity index (χ3n) is 2.37. The first-order chi connectivity index (χ1) is 8.95. The highest BCUT2D eigenvalue weighted by molar-refractivity contribution is 7.71. The molecule has 0 radical (unpaired) electrons. The van der Waals surface area contributed by atoms with Crippen LogP contribution in [0.2, 0.25) is 0 Å². The second-order valence-electron chi connectivity index (χ2n) is 4.07. The molecule has 0 aliphatic carbocycles. The van der Waals surface area contributed by atoms with Crippen LogP contribution in [-0.4, -0.2) is 26.3 Å². The maximum Gasteiger partial charge on any atom is 0.264 e. The van der Waals surface area contributed by atoms with Crippen LogP contribution in [-0.2, 0) is 0 Å². The van der Waals surface area contributed by atoms with Crippen molar-refractivity contribution in [1.82, 2.24) is 15.0 Å².